The van der Waals surface area contributed by atoms with E-state index in [-0.39, 0.29) is 0 Å². The Morgan fingerprint density at radius 2 is 2.33 bits per heavy atom. The summed E-state index contributed by atoms with van der Waals surface area (Å²) in [6.07, 6.45) is 2.58. The van der Waals surface area contributed by atoms with Gasteiger partial charge in [-0.2, -0.15) is 0 Å². The molecule has 0 saturated heterocycles. The molecular formula is C13H16O2. The van der Waals surface area contributed by atoms with Crippen molar-refractivity contribution in [2.24, 2.45) is 0 Å². The van der Waals surface area contributed by atoms with E-state index < -0.39 is 0 Å². The van der Waals surface area contributed by atoms with Crippen molar-refractivity contribution in [3.63, 3.8) is 0 Å². The Labute approximate surface area is 90.3 Å². The van der Waals surface area contributed by atoms with Gasteiger partial charge in [0.25, 0.3) is 0 Å². The third-order valence-electron chi connectivity index (χ3n) is 3.08. The van der Waals surface area contributed by atoms with Crippen molar-refractivity contribution in [2.45, 2.75) is 32.6 Å². The van der Waals surface area contributed by atoms with Crippen LogP contribution >= 0.6 is 0 Å². The van der Waals surface area contributed by atoms with E-state index in [0.717, 1.165) is 25.1 Å². The number of ether oxygens (including phenoxy) is 1. The number of aldehydes is 1. The lowest BCUT2D eigenvalue weighted by Gasteiger charge is -2.15. The summed E-state index contributed by atoms with van der Waals surface area (Å²) >= 11 is 0. The van der Waals surface area contributed by atoms with Crippen molar-refractivity contribution >= 4 is 6.29 Å². The maximum absolute atomic E-state index is 10.6. The minimum absolute atomic E-state index is 0.305. The number of hydrogen-bond acceptors (Lipinski definition) is 2. The Kier molecular flexibility index (Phi) is 2.76. The minimum atomic E-state index is 0.305. The molecule has 1 aromatic rings. The number of carbonyl (C=O) groups excluding carboxylic acids is 1. The second-order valence-electron chi connectivity index (χ2n) is 4.17. The van der Waals surface area contributed by atoms with Crippen LogP contribution in [0.1, 0.15) is 36.0 Å². The maximum atomic E-state index is 10.6. The van der Waals surface area contributed by atoms with Crippen LogP contribution in [0.5, 0.6) is 5.75 Å². The molecule has 2 nitrogen and oxygen atoms in total. The number of aryl methyl sites for hydroxylation is 1. The first-order chi connectivity index (χ1) is 7.24. The number of fused-ring (bicyclic) bond motifs is 1. The monoisotopic (exact) mass is 204 g/mol. The van der Waals surface area contributed by atoms with E-state index in [1.54, 1.807) is 0 Å². The average molecular weight is 204 g/mol. The highest BCUT2D eigenvalue weighted by Crippen LogP contribution is 2.35. The van der Waals surface area contributed by atoms with Crippen molar-refractivity contribution in [2.75, 3.05) is 6.61 Å². The zero-order chi connectivity index (χ0) is 10.8. The number of carbonyl (C=O) groups is 1. The lowest BCUT2D eigenvalue weighted by atomic mass is 9.88. The highest BCUT2D eigenvalue weighted by atomic mass is 16.5. The summed E-state index contributed by atoms with van der Waals surface area (Å²) in [5, 5.41) is 0. The second kappa shape index (κ2) is 4.05. The van der Waals surface area contributed by atoms with Gasteiger partial charge in [-0.3, -0.25) is 0 Å². The van der Waals surface area contributed by atoms with Crippen LogP contribution < -0.4 is 4.74 Å². The van der Waals surface area contributed by atoms with E-state index in [2.05, 4.69) is 19.9 Å². The first kappa shape index (κ1) is 10.2. The van der Waals surface area contributed by atoms with Crippen molar-refractivity contribution in [3.05, 3.63) is 28.8 Å². The summed E-state index contributed by atoms with van der Waals surface area (Å²) in [5.41, 5.74) is 3.90. The Morgan fingerprint density at radius 1 is 1.53 bits per heavy atom. The van der Waals surface area contributed by atoms with Crippen molar-refractivity contribution < 1.29 is 9.53 Å². The zero-order valence-electron chi connectivity index (χ0n) is 9.25. The fraction of sp³-hybridized carbons (Fsp3) is 0.462. The summed E-state index contributed by atoms with van der Waals surface area (Å²) < 4.78 is 5.53. The Balaban J connectivity index is 2.44. The fourth-order valence-electron chi connectivity index (χ4n) is 2.37. The van der Waals surface area contributed by atoms with E-state index in [4.69, 9.17) is 4.74 Å². The summed E-state index contributed by atoms with van der Waals surface area (Å²) in [6, 6.07) is 4.12. The average Bonchev–Trinajstić information content (AvgIpc) is 2.65. The standard InChI is InChI=1S/C13H16O2/c1-9-3-4-12-11(6-8-15-12)13(9)10(2)5-7-14/h3-4,7,10H,5-6,8H2,1-2H3. The zero-order valence-corrected chi connectivity index (χ0v) is 9.25. The molecule has 0 spiro atoms. The van der Waals surface area contributed by atoms with E-state index >= 15 is 0 Å². The van der Waals surface area contributed by atoms with Crippen LogP contribution in [0.2, 0.25) is 0 Å². The Morgan fingerprint density at radius 3 is 3.07 bits per heavy atom. The molecule has 15 heavy (non-hydrogen) atoms. The van der Waals surface area contributed by atoms with Gasteiger partial charge >= 0.3 is 0 Å². The molecule has 1 aliphatic heterocycles. The van der Waals surface area contributed by atoms with Crippen LogP contribution in [0.25, 0.3) is 0 Å². The smallest absolute Gasteiger partial charge is 0.122 e. The van der Waals surface area contributed by atoms with Gasteiger partial charge in [-0.1, -0.05) is 13.0 Å². The topological polar surface area (TPSA) is 26.3 Å². The summed E-state index contributed by atoms with van der Waals surface area (Å²) in [6.45, 7) is 4.99. The molecule has 0 bridgehead atoms. The number of hydrogen-bond donors (Lipinski definition) is 0. The number of benzene rings is 1. The molecule has 1 heterocycles. The Bertz CT molecular complexity index is 382. The molecule has 1 unspecified atom stereocenters. The molecule has 0 amide bonds. The van der Waals surface area contributed by atoms with Gasteiger partial charge < -0.3 is 9.53 Å². The van der Waals surface area contributed by atoms with Crippen LogP contribution in [-0.4, -0.2) is 12.9 Å². The lowest BCUT2D eigenvalue weighted by molar-refractivity contribution is -0.108. The van der Waals surface area contributed by atoms with Crippen molar-refractivity contribution in [1.29, 1.82) is 0 Å². The maximum Gasteiger partial charge on any atom is 0.122 e. The predicted octanol–water partition coefficient (Wildman–Crippen LogP) is 2.62. The van der Waals surface area contributed by atoms with Crippen LogP contribution in [0, 0.1) is 6.92 Å². The van der Waals surface area contributed by atoms with E-state index in [0.29, 0.717) is 12.3 Å². The van der Waals surface area contributed by atoms with Crippen LogP contribution in [0.3, 0.4) is 0 Å². The largest absolute Gasteiger partial charge is 0.493 e. The molecule has 1 atom stereocenters. The van der Waals surface area contributed by atoms with Gasteiger partial charge in [0.05, 0.1) is 6.61 Å². The summed E-state index contributed by atoms with van der Waals surface area (Å²) in [4.78, 5) is 10.6. The van der Waals surface area contributed by atoms with Crippen LogP contribution in [0.15, 0.2) is 12.1 Å². The molecule has 2 heteroatoms. The van der Waals surface area contributed by atoms with Gasteiger partial charge in [0.2, 0.25) is 0 Å². The lowest BCUT2D eigenvalue weighted by Crippen LogP contribution is -2.01. The normalized spacial score (nSPS) is 15.6. The van der Waals surface area contributed by atoms with Gasteiger partial charge in [-0.25, -0.2) is 0 Å². The first-order valence-electron chi connectivity index (χ1n) is 5.43. The summed E-state index contributed by atoms with van der Waals surface area (Å²) in [5.74, 6) is 1.31. The molecule has 80 valence electrons. The van der Waals surface area contributed by atoms with Gasteiger partial charge in [-0.15, -0.1) is 0 Å². The van der Waals surface area contributed by atoms with Gasteiger partial charge in [0, 0.05) is 18.4 Å². The molecule has 0 fully saturated rings. The summed E-state index contributed by atoms with van der Waals surface area (Å²) in [7, 11) is 0. The molecule has 1 aliphatic rings. The van der Waals surface area contributed by atoms with Gasteiger partial charge in [-0.05, 0) is 30.0 Å². The fourth-order valence-corrected chi connectivity index (χ4v) is 2.37. The third kappa shape index (κ3) is 1.76. The SMILES string of the molecule is Cc1ccc2c(c1C(C)CC=O)CCO2. The highest BCUT2D eigenvalue weighted by molar-refractivity contribution is 5.55. The van der Waals surface area contributed by atoms with Crippen molar-refractivity contribution in [3.8, 4) is 5.75 Å². The van der Waals surface area contributed by atoms with Gasteiger partial charge in [0.15, 0.2) is 0 Å². The van der Waals surface area contributed by atoms with E-state index in [9.17, 15) is 4.79 Å². The second-order valence-corrected chi connectivity index (χ2v) is 4.17. The molecule has 0 aromatic heterocycles. The van der Waals surface area contributed by atoms with E-state index in [1.807, 2.05) is 6.07 Å². The predicted molar refractivity (Wildman–Crippen MR) is 59.5 cm³/mol. The Hall–Kier alpha value is -1.31. The molecule has 0 saturated carbocycles. The molecule has 0 aliphatic carbocycles. The van der Waals surface area contributed by atoms with Gasteiger partial charge in [0.1, 0.15) is 12.0 Å². The molecule has 2 rings (SSSR count). The van der Waals surface area contributed by atoms with E-state index in [1.165, 1.54) is 16.7 Å². The molecule has 0 radical (unpaired) electrons. The molecule has 0 N–H and O–H groups in total. The molecule has 1 aromatic carbocycles. The quantitative estimate of drug-likeness (QED) is 0.707. The first-order valence-corrected chi connectivity index (χ1v) is 5.43. The number of rotatable bonds is 3. The van der Waals surface area contributed by atoms with Crippen LogP contribution in [0.4, 0.5) is 0 Å². The minimum Gasteiger partial charge on any atom is -0.493 e. The van der Waals surface area contributed by atoms with Crippen LogP contribution in [-0.2, 0) is 11.2 Å². The van der Waals surface area contributed by atoms with Crippen molar-refractivity contribution in [1.82, 2.24) is 0 Å². The molecular weight excluding hydrogens is 188 g/mol. The highest BCUT2D eigenvalue weighted by Gasteiger charge is 2.20. The third-order valence-corrected chi connectivity index (χ3v) is 3.08.